The van der Waals surface area contributed by atoms with Gasteiger partial charge in [0.15, 0.2) is 0 Å². The Kier molecular flexibility index (Phi) is 6.45. The van der Waals surface area contributed by atoms with Crippen LogP contribution in [0, 0.1) is 5.92 Å². The maximum absolute atomic E-state index is 12.8. The van der Waals surface area contributed by atoms with Gasteiger partial charge < -0.3 is 9.80 Å². The average molecular weight is 374 g/mol. The summed E-state index contributed by atoms with van der Waals surface area (Å²) >= 11 is 0. The Labute approximate surface area is 163 Å². The van der Waals surface area contributed by atoms with Crippen molar-refractivity contribution < 1.29 is 4.79 Å². The van der Waals surface area contributed by atoms with Gasteiger partial charge in [0.2, 0.25) is 5.91 Å². The molecule has 0 unspecified atom stereocenters. The molecule has 6 nitrogen and oxygen atoms in total. The second-order valence-corrected chi connectivity index (χ2v) is 8.56. The molecule has 27 heavy (non-hydrogen) atoms. The lowest BCUT2D eigenvalue weighted by atomic mass is 9.93. The molecular formula is C21H35N5O. The number of amides is 1. The number of hydrogen-bond acceptors (Lipinski definition) is 4. The summed E-state index contributed by atoms with van der Waals surface area (Å²) in [4.78, 5) is 20.2. The number of aryl methyl sites for hydroxylation is 1. The second kappa shape index (κ2) is 9.20. The molecule has 0 aromatic carbocycles. The van der Waals surface area contributed by atoms with E-state index in [-0.39, 0.29) is 5.92 Å². The van der Waals surface area contributed by atoms with Gasteiger partial charge >= 0.3 is 0 Å². The highest BCUT2D eigenvalue weighted by Crippen LogP contribution is 2.26. The molecule has 0 aliphatic carbocycles. The Hall–Kier alpha value is -1.40. The zero-order chi connectivity index (χ0) is 18.5. The van der Waals surface area contributed by atoms with Gasteiger partial charge in [0, 0.05) is 44.6 Å². The minimum Gasteiger partial charge on any atom is -0.342 e. The molecule has 0 bridgehead atoms. The van der Waals surface area contributed by atoms with Crippen LogP contribution in [0.15, 0.2) is 18.5 Å². The highest BCUT2D eigenvalue weighted by Gasteiger charge is 2.34. The Morgan fingerprint density at radius 3 is 2.52 bits per heavy atom. The van der Waals surface area contributed by atoms with E-state index in [0.29, 0.717) is 11.9 Å². The number of carbonyl (C=O) groups is 1. The summed E-state index contributed by atoms with van der Waals surface area (Å²) in [6.45, 7) is 8.75. The Bertz CT molecular complexity index is 575. The van der Waals surface area contributed by atoms with Gasteiger partial charge in [-0.1, -0.05) is 0 Å². The molecule has 4 rings (SSSR count). The van der Waals surface area contributed by atoms with E-state index in [2.05, 4.69) is 19.8 Å². The topological polar surface area (TPSA) is 44.6 Å². The summed E-state index contributed by atoms with van der Waals surface area (Å²) < 4.78 is 2.03. The van der Waals surface area contributed by atoms with E-state index in [0.717, 1.165) is 32.6 Å². The van der Waals surface area contributed by atoms with Crippen molar-refractivity contribution in [2.75, 3.05) is 45.8 Å². The van der Waals surface area contributed by atoms with Crippen LogP contribution in [0.4, 0.5) is 0 Å². The van der Waals surface area contributed by atoms with Crippen LogP contribution in [0.5, 0.6) is 0 Å². The molecule has 0 spiro atoms. The first-order chi connectivity index (χ1) is 13.3. The van der Waals surface area contributed by atoms with E-state index in [1.807, 2.05) is 23.1 Å². The van der Waals surface area contributed by atoms with E-state index in [1.165, 1.54) is 64.7 Å². The first kappa shape index (κ1) is 18.9. The van der Waals surface area contributed by atoms with Crippen LogP contribution in [0.3, 0.4) is 0 Å². The molecule has 0 saturated carbocycles. The molecule has 3 fully saturated rings. The Morgan fingerprint density at radius 2 is 1.78 bits per heavy atom. The van der Waals surface area contributed by atoms with Gasteiger partial charge in [-0.3, -0.25) is 14.4 Å². The number of hydrogen-bond donors (Lipinski definition) is 0. The summed E-state index contributed by atoms with van der Waals surface area (Å²) in [6.07, 6.45) is 12.3. The monoisotopic (exact) mass is 373 g/mol. The van der Waals surface area contributed by atoms with Crippen molar-refractivity contribution in [1.29, 1.82) is 0 Å². The van der Waals surface area contributed by atoms with Crippen LogP contribution in [-0.2, 0) is 11.3 Å². The number of piperidine rings is 2. The van der Waals surface area contributed by atoms with E-state index in [9.17, 15) is 4.79 Å². The van der Waals surface area contributed by atoms with Crippen molar-refractivity contribution >= 4 is 5.91 Å². The van der Waals surface area contributed by atoms with Crippen LogP contribution >= 0.6 is 0 Å². The van der Waals surface area contributed by atoms with Gasteiger partial charge in [-0.15, -0.1) is 0 Å². The van der Waals surface area contributed by atoms with Gasteiger partial charge in [0.05, 0.1) is 5.92 Å². The lowest BCUT2D eigenvalue weighted by Gasteiger charge is -2.42. The highest BCUT2D eigenvalue weighted by atomic mass is 16.2. The van der Waals surface area contributed by atoms with Crippen LogP contribution in [-0.4, -0.2) is 82.2 Å². The van der Waals surface area contributed by atoms with Crippen molar-refractivity contribution in [1.82, 2.24) is 24.5 Å². The summed E-state index contributed by atoms with van der Waals surface area (Å²) in [7, 11) is 0. The van der Waals surface area contributed by atoms with Crippen molar-refractivity contribution in [3.05, 3.63) is 18.5 Å². The van der Waals surface area contributed by atoms with Crippen LogP contribution in [0.2, 0.25) is 0 Å². The molecule has 1 aromatic heterocycles. The maximum atomic E-state index is 12.8. The first-order valence-corrected chi connectivity index (χ1v) is 11.0. The van der Waals surface area contributed by atoms with Gasteiger partial charge in [-0.05, 0) is 77.2 Å². The van der Waals surface area contributed by atoms with E-state index < -0.39 is 0 Å². The van der Waals surface area contributed by atoms with Gasteiger partial charge in [-0.25, -0.2) is 0 Å². The number of nitrogens with zero attached hydrogens (tertiary/aromatic N) is 5. The fourth-order valence-corrected chi connectivity index (χ4v) is 5.13. The molecule has 1 atom stereocenters. The molecular weight excluding hydrogens is 338 g/mol. The van der Waals surface area contributed by atoms with Crippen molar-refractivity contribution in [2.45, 2.75) is 57.5 Å². The standard InChI is InChI=1S/C21H35N5O/c27-21(24-11-1-2-12-24)19-6-3-13-25(18-19)20-7-16-23(17-8-20)10-5-15-26-14-4-9-22-26/h4,9,14,19-20H,1-3,5-8,10-13,15-18H2/t19-/m0/s1. The summed E-state index contributed by atoms with van der Waals surface area (Å²) in [5.41, 5.74) is 0. The van der Waals surface area contributed by atoms with Crippen molar-refractivity contribution in [3.63, 3.8) is 0 Å². The Morgan fingerprint density at radius 1 is 0.963 bits per heavy atom. The van der Waals surface area contributed by atoms with E-state index in [4.69, 9.17) is 0 Å². The fourth-order valence-electron chi connectivity index (χ4n) is 5.13. The molecule has 3 aliphatic heterocycles. The van der Waals surface area contributed by atoms with Gasteiger partial charge in [-0.2, -0.15) is 5.10 Å². The van der Waals surface area contributed by atoms with Gasteiger partial charge in [0.25, 0.3) is 0 Å². The fraction of sp³-hybridized carbons (Fsp3) is 0.810. The Balaban J connectivity index is 1.19. The molecule has 0 N–H and O–H groups in total. The maximum Gasteiger partial charge on any atom is 0.226 e. The number of likely N-dealkylation sites (tertiary alicyclic amines) is 3. The summed E-state index contributed by atoms with van der Waals surface area (Å²) in [5.74, 6) is 0.692. The molecule has 150 valence electrons. The SMILES string of the molecule is O=C([C@H]1CCCN(C2CCN(CCCn3cccn3)CC2)C1)N1CCCC1. The molecule has 3 aliphatic rings. The van der Waals surface area contributed by atoms with E-state index >= 15 is 0 Å². The molecule has 6 heteroatoms. The van der Waals surface area contributed by atoms with Crippen LogP contribution in [0.25, 0.3) is 0 Å². The number of rotatable bonds is 6. The van der Waals surface area contributed by atoms with Crippen LogP contribution < -0.4 is 0 Å². The van der Waals surface area contributed by atoms with E-state index in [1.54, 1.807) is 0 Å². The van der Waals surface area contributed by atoms with Crippen LogP contribution in [0.1, 0.15) is 44.9 Å². The molecule has 3 saturated heterocycles. The zero-order valence-electron chi connectivity index (χ0n) is 16.6. The second-order valence-electron chi connectivity index (χ2n) is 8.56. The molecule has 4 heterocycles. The quantitative estimate of drug-likeness (QED) is 0.766. The lowest BCUT2D eigenvalue weighted by Crippen LogP contribution is -2.51. The smallest absolute Gasteiger partial charge is 0.226 e. The third-order valence-corrected chi connectivity index (χ3v) is 6.71. The molecule has 1 amide bonds. The first-order valence-electron chi connectivity index (χ1n) is 11.0. The molecule has 0 radical (unpaired) electrons. The van der Waals surface area contributed by atoms with Crippen molar-refractivity contribution in [2.24, 2.45) is 5.92 Å². The summed E-state index contributed by atoms with van der Waals surface area (Å²) in [6, 6.07) is 2.67. The highest BCUT2D eigenvalue weighted by molar-refractivity contribution is 5.79. The largest absolute Gasteiger partial charge is 0.342 e. The third kappa shape index (κ3) is 4.91. The predicted molar refractivity (Wildman–Crippen MR) is 106 cm³/mol. The predicted octanol–water partition coefficient (Wildman–Crippen LogP) is 2.07. The minimum atomic E-state index is 0.254. The minimum absolute atomic E-state index is 0.254. The zero-order valence-corrected chi connectivity index (χ0v) is 16.6. The average Bonchev–Trinajstić information content (AvgIpc) is 3.42. The number of carbonyl (C=O) groups excluding carboxylic acids is 1. The van der Waals surface area contributed by atoms with Crippen molar-refractivity contribution in [3.8, 4) is 0 Å². The van der Waals surface area contributed by atoms with Gasteiger partial charge in [0.1, 0.15) is 0 Å². The lowest BCUT2D eigenvalue weighted by molar-refractivity contribution is -0.136. The number of aromatic nitrogens is 2. The normalized spacial score (nSPS) is 25.9. The molecule has 1 aromatic rings. The summed E-state index contributed by atoms with van der Waals surface area (Å²) in [5, 5.41) is 4.28. The third-order valence-electron chi connectivity index (χ3n) is 6.71.